The van der Waals surface area contributed by atoms with Crippen LogP contribution in [-0.2, 0) is 0 Å². The molecule has 1 aromatic heterocycles. The number of aliphatic hydroxyl groups is 2. The van der Waals surface area contributed by atoms with E-state index >= 15 is 0 Å². The van der Waals surface area contributed by atoms with E-state index in [1.54, 1.807) is 12.3 Å². The Labute approximate surface area is 101 Å². The van der Waals surface area contributed by atoms with E-state index in [0.717, 1.165) is 4.47 Å². The van der Waals surface area contributed by atoms with Gasteiger partial charge in [-0.25, -0.2) is 0 Å². The van der Waals surface area contributed by atoms with Gasteiger partial charge in [-0.05, 0) is 22.0 Å². The molecule has 0 aliphatic heterocycles. The van der Waals surface area contributed by atoms with Crippen LogP contribution in [0.2, 0.25) is 5.02 Å². The van der Waals surface area contributed by atoms with Gasteiger partial charge in [0.1, 0.15) is 0 Å². The monoisotopic (exact) mass is 294 g/mol. The summed E-state index contributed by atoms with van der Waals surface area (Å²) in [6.45, 7) is 0.276. The van der Waals surface area contributed by atoms with Crippen molar-refractivity contribution >= 4 is 27.5 Å². The molecule has 1 rings (SSSR count). The van der Waals surface area contributed by atoms with Gasteiger partial charge in [0.2, 0.25) is 0 Å². The van der Waals surface area contributed by atoms with Gasteiger partial charge in [0, 0.05) is 17.2 Å². The molecule has 84 valence electrons. The Morgan fingerprint density at radius 3 is 2.80 bits per heavy atom. The maximum Gasteiger partial charge on any atom is 0.0783 e. The van der Waals surface area contributed by atoms with Crippen molar-refractivity contribution in [2.75, 3.05) is 19.8 Å². The van der Waals surface area contributed by atoms with E-state index in [1.165, 1.54) is 0 Å². The number of halogens is 2. The molecule has 0 fully saturated rings. The maximum absolute atomic E-state index is 9.15. The molecule has 1 heterocycles. The first-order chi connectivity index (χ1) is 7.19. The van der Waals surface area contributed by atoms with Crippen LogP contribution in [0.25, 0.3) is 0 Å². The van der Waals surface area contributed by atoms with Crippen LogP contribution >= 0.6 is 27.5 Å². The Hall–Kier alpha value is -0.200. The zero-order chi connectivity index (χ0) is 11.3. The summed E-state index contributed by atoms with van der Waals surface area (Å²) in [7, 11) is 0. The van der Waals surface area contributed by atoms with Gasteiger partial charge in [-0.3, -0.25) is 4.98 Å². The fraction of sp³-hybridized carbons (Fsp3) is 0.444. The number of hydrogen-bond acceptors (Lipinski definition) is 4. The molecule has 4 nitrogen and oxygen atoms in total. The summed E-state index contributed by atoms with van der Waals surface area (Å²) in [6.07, 6.45) is 1.62. The normalized spacial score (nSPS) is 12.8. The number of rotatable bonds is 5. The van der Waals surface area contributed by atoms with Gasteiger partial charge in [-0.1, -0.05) is 11.6 Å². The molecule has 1 unspecified atom stereocenters. The van der Waals surface area contributed by atoms with Crippen LogP contribution < -0.4 is 5.32 Å². The van der Waals surface area contributed by atoms with Gasteiger partial charge in [0.05, 0.1) is 30.0 Å². The molecule has 0 aromatic carbocycles. The molecule has 0 spiro atoms. The molecule has 6 heteroatoms. The molecular weight excluding hydrogens is 283 g/mol. The molecule has 0 aliphatic carbocycles. The lowest BCUT2D eigenvalue weighted by atomic mass is 10.2. The summed E-state index contributed by atoms with van der Waals surface area (Å²) in [5.41, 5.74) is 0.579. The Bertz CT molecular complexity index is 325. The SMILES string of the molecule is OCCNC(CO)c1ncc(Br)cc1Cl. The molecule has 0 radical (unpaired) electrons. The predicted octanol–water partition coefficient (Wildman–Crippen LogP) is 1.11. The van der Waals surface area contributed by atoms with Crippen LogP contribution in [0.3, 0.4) is 0 Å². The number of nitrogens with zero attached hydrogens (tertiary/aromatic N) is 1. The lowest BCUT2D eigenvalue weighted by Gasteiger charge is -2.16. The van der Waals surface area contributed by atoms with Crippen LogP contribution in [0, 0.1) is 0 Å². The number of pyridine rings is 1. The van der Waals surface area contributed by atoms with Crippen LogP contribution in [0.5, 0.6) is 0 Å². The van der Waals surface area contributed by atoms with Crippen molar-refractivity contribution in [3.63, 3.8) is 0 Å². The second kappa shape index (κ2) is 6.40. The van der Waals surface area contributed by atoms with Crippen molar-refractivity contribution in [1.82, 2.24) is 10.3 Å². The molecule has 0 bridgehead atoms. The minimum atomic E-state index is -0.349. The first-order valence-electron chi connectivity index (χ1n) is 4.45. The third-order valence-electron chi connectivity index (χ3n) is 1.85. The quantitative estimate of drug-likeness (QED) is 0.761. The molecule has 3 N–H and O–H groups in total. The van der Waals surface area contributed by atoms with Crippen molar-refractivity contribution in [1.29, 1.82) is 0 Å². The van der Waals surface area contributed by atoms with Gasteiger partial charge in [0.25, 0.3) is 0 Å². The Balaban J connectivity index is 2.81. The lowest BCUT2D eigenvalue weighted by molar-refractivity contribution is 0.225. The standard InChI is InChI=1S/C9H12BrClN2O2/c10-6-3-7(11)9(13-4-6)8(5-15)12-1-2-14/h3-4,8,12,14-15H,1-2,5H2. The van der Waals surface area contributed by atoms with Crippen LogP contribution in [0.4, 0.5) is 0 Å². The summed E-state index contributed by atoms with van der Waals surface area (Å²) >= 11 is 9.23. The first kappa shape index (κ1) is 12.9. The van der Waals surface area contributed by atoms with Crippen molar-refractivity contribution in [2.45, 2.75) is 6.04 Å². The fourth-order valence-corrected chi connectivity index (χ4v) is 1.93. The molecule has 15 heavy (non-hydrogen) atoms. The second-order valence-corrected chi connectivity index (χ2v) is 4.26. The largest absolute Gasteiger partial charge is 0.395 e. The van der Waals surface area contributed by atoms with Gasteiger partial charge in [0.15, 0.2) is 0 Å². The average molecular weight is 296 g/mol. The van der Waals surface area contributed by atoms with E-state index in [9.17, 15) is 0 Å². The van der Waals surface area contributed by atoms with Crippen molar-refractivity contribution in [3.05, 3.63) is 27.5 Å². The highest BCUT2D eigenvalue weighted by molar-refractivity contribution is 9.10. The number of nitrogens with one attached hydrogen (secondary N) is 1. The molecule has 1 atom stereocenters. The fourth-order valence-electron chi connectivity index (χ4n) is 1.17. The minimum absolute atomic E-state index is 0.00461. The number of aliphatic hydroxyl groups excluding tert-OH is 2. The molecule has 1 aromatic rings. The van der Waals surface area contributed by atoms with Crippen molar-refractivity contribution in [2.24, 2.45) is 0 Å². The van der Waals surface area contributed by atoms with E-state index in [4.69, 9.17) is 21.8 Å². The van der Waals surface area contributed by atoms with E-state index in [-0.39, 0.29) is 19.3 Å². The summed E-state index contributed by atoms with van der Waals surface area (Å²) in [5.74, 6) is 0. The highest BCUT2D eigenvalue weighted by Crippen LogP contribution is 2.23. The van der Waals surface area contributed by atoms with Gasteiger partial charge in [-0.15, -0.1) is 0 Å². The third-order valence-corrected chi connectivity index (χ3v) is 2.59. The Morgan fingerprint density at radius 1 is 1.53 bits per heavy atom. The highest BCUT2D eigenvalue weighted by Gasteiger charge is 2.14. The first-order valence-corrected chi connectivity index (χ1v) is 5.62. The molecule has 0 aliphatic rings. The van der Waals surface area contributed by atoms with Crippen LogP contribution in [0.1, 0.15) is 11.7 Å². The molecular formula is C9H12BrClN2O2. The maximum atomic E-state index is 9.15. The summed E-state index contributed by atoms with van der Waals surface area (Å²) in [4.78, 5) is 4.12. The highest BCUT2D eigenvalue weighted by atomic mass is 79.9. The summed E-state index contributed by atoms with van der Waals surface area (Å²) in [5, 5.41) is 21.2. The summed E-state index contributed by atoms with van der Waals surface area (Å²) in [6, 6.07) is 1.37. The minimum Gasteiger partial charge on any atom is -0.395 e. The predicted molar refractivity (Wildman–Crippen MR) is 61.9 cm³/mol. The van der Waals surface area contributed by atoms with Crippen LogP contribution in [-0.4, -0.2) is 35.0 Å². The number of aromatic nitrogens is 1. The second-order valence-electron chi connectivity index (χ2n) is 2.93. The van der Waals surface area contributed by atoms with E-state index in [2.05, 4.69) is 26.2 Å². The van der Waals surface area contributed by atoms with Gasteiger partial charge in [-0.2, -0.15) is 0 Å². The molecule has 0 saturated carbocycles. The van der Waals surface area contributed by atoms with Gasteiger partial charge >= 0.3 is 0 Å². The van der Waals surface area contributed by atoms with Gasteiger partial charge < -0.3 is 15.5 Å². The van der Waals surface area contributed by atoms with Crippen molar-refractivity contribution in [3.8, 4) is 0 Å². The van der Waals surface area contributed by atoms with Crippen LogP contribution in [0.15, 0.2) is 16.7 Å². The third kappa shape index (κ3) is 3.70. The summed E-state index contributed by atoms with van der Waals surface area (Å²) < 4.78 is 0.787. The molecule has 0 amide bonds. The Kier molecular flexibility index (Phi) is 5.49. The number of hydrogen-bond donors (Lipinski definition) is 3. The van der Waals surface area contributed by atoms with E-state index in [1.807, 2.05) is 0 Å². The smallest absolute Gasteiger partial charge is 0.0783 e. The topological polar surface area (TPSA) is 65.4 Å². The van der Waals surface area contributed by atoms with E-state index < -0.39 is 0 Å². The molecule has 0 saturated heterocycles. The van der Waals surface area contributed by atoms with E-state index in [0.29, 0.717) is 17.3 Å². The zero-order valence-electron chi connectivity index (χ0n) is 7.95. The average Bonchev–Trinajstić information content (AvgIpc) is 2.21. The lowest BCUT2D eigenvalue weighted by Crippen LogP contribution is -2.28. The Morgan fingerprint density at radius 2 is 2.27 bits per heavy atom. The zero-order valence-corrected chi connectivity index (χ0v) is 10.3. The van der Waals surface area contributed by atoms with Crippen molar-refractivity contribution < 1.29 is 10.2 Å².